The van der Waals surface area contributed by atoms with Gasteiger partial charge in [-0.3, -0.25) is 14.3 Å². The van der Waals surface area contributed by atoms with Gasteiger partial charge < -0.3 is 5.11 Å². The summed E-state index contributed by atoms with van der Waals surface area (Å²) >= 11 is 7.58. The van der Waals surface area contributed by atoms with Crippen molar-refractivity contribution in [2.24, 2.45) is 0 Å². The molecule has 0 aliphatic heterocycles. The zero-order valence-electron chi connectivity index (χ0n) is 24.3. The summed E-state index contributed by atoms with van der Waals surface area (Å²) in [7, 11) is 0. The number of carboxylic acids is 1. The molecule has 4 aromatic heterocycles. The number of nitriles is 1. The van der Waals surface area contributed by atoms with E-state index in [1.807, 2.05) is 0 Å². The lowest BCUT2D eigenvalue weighted by Crippen LogP contribution is -2.25. The van der Waals surface area contributed by atoms with Crippen molar-refractivity contribution in [3.05, 3.63) is 103 Å². The highest BCUT2D eigenvalue weighted by Crippen LogP contribution is 2.41. The van der Waals surface area contributed by atoms with Crippen LogP contribution in [0.15, 0.2) is 59.1 Å². The van der Waals surface area contributed by atoms with Gasteiger partial charge in [-0.25, -0.2) is 19.7 Å². The van der Waals surface area contributed by atoms with Crippen LogP contribution in [-0.4, -0.2) is 35.6 Å². The van der Waals surface area contributed by atoms with E-state index in [-0.39, 0.29) is 34.5 Å². The van der Waals surface area contributed by atoms with Gasteiger partial charge in [-0.15, -0.1) is 11.3 Å². The average molecular weight is 671 g/mol. The molecular weight excluding hydrogens is 653 g/mol. The lowest BCUT2D eigenvalue weighted by atomic mass is 9.94. The van der Waals surface area contributed by atoms with Gasteiger partial charge in [0, 0.05) is 44.5 Å². The Labute approximate surface area is 272 Å². The van der Waals surface area contributed by atoms with Crippen molar-refractivity contribution in [3.63, 3.8) is 0 Å². The highest BCUT2D eigenvalue weighted by atomic mass is 35.5. The van der Waals surface area contributed by atoms with E-state index >= 15 is 0 Å². The number of hydrogen-bond acceptors (Lipinski definition) is 8. The highest BCUT2D eigenvalue weighted by molar-refractivity contribution is 7.18. The first-order valence-electron chi connectivity index (χ1n) is 13.6. The first-order chi connectivity index (χ1) is 22.4. The molecule has 1 N–H and O–H groups in total. The number of pyridine rings is 1. The van der Waals surface area contributed by atoms with Gasteiger partial charge in [0.15, 0.2) is 0 Å². The maximum absolute atomic E-state index is 14.2. The van der Waals surface area contributed by atoms with Crippen LogP contribution in [0.3, 0.4) is 0 Å². The first kappa shape index (κ1) is 31.4. The highest BCUT2D eigenvalue weighted by Gasteiger charge is 2.37. The molecule has 4 heterocycles. The summed E-state index contributed by atoms with van der Waals surface area (Å²) in [5.74, 6) is 4.97. The normalized spacial score (nSPS) is 11.3. The largest absolute Gasteiger partial charge is 0.478 e. The van der Waals surface area contributed by atoms with E-state index in [2.05, 4.69) is 31.8 Å². The number of aryl methyl sites for hydroxylation is 2. The maximum Gasteiger partial charge on any atom is 0.417 e. The number of aromatic nitrogens is 5. The summed E-state index contributed by atoms with van der Waals surface area (Å²) in [5, 5.41) is 21.3. The maximum atomic E-state index is 14.2. The van der Waals surface area contributed by atoms with Crippen LogP contribution in [-0.2, 0) is 12.7 Å². The number of alkyl halides is 3. The molecule has 0 atom stereocenters. The lowest BCUT2D eigenvalue weighted by Gasteiger charge is -2.17. The van der Waals surface area contributed by atoms with Crippen molar-refractivity contribution in [3.8, 4) is 40.3 Å². The fourth-order valence-electron chi connectivity index (χ4n) is 5.27. The third kappa shape index (κ3) is 5.67. The molecule has 6 rings (SSSR count). The predicted molar refractivity (Wildman–Crippen MR) is 170 cm³/mol. The van der Waals surface area contributed by atoms with Crippen LogP contribution in [0.5, 0.6) is 0 Å². The summed E-state index contributed by atoms with van der Waals surface area (Å²) in [6.45, 7) is 2.99. The smallest absolute Gasteiger partial charge is 0.417 e. The van der Waals surface area contributed by atoms with E-state index < -0.39 is 34.4 Å². The molecule has 0 bridgehead atoms. The Morgan fingerprint density at radius 1 is 1.13 bits per heavy atom. The molecule has 0 aliphatic rings. The van der Waals surface area contributed by atoms with Gasteiger partial charge in [0.25, 0.3) is 5.56 Å². The van der Waals surface area contributed by atoms with Gasteiger partial charge in [0.05, 0.1) is 50.0 Å². The number of benzene rings is 2. The minimum Gasteiger partial charge on any atom is -0.478 e. The third-order valence-corrected chi connectivity index (χ3v) is 8.54. The van der Waals surface area contributed by atoms with Crippen LogP contribution in [0.1, 0.15) is 38.6 Å². The molecule has 2 aromatic carbocycles. The number of thiophene rings is 1. The molecule has 0 unspecified atom stereocenters. The molecule has 0 amide bonds. The first-order valence-corrected chi connectivity index (χ1v) is 14.9. The standard InChI is InChI=1S/C33H18ClF3N6O3S/c1-16-10-21(30-29(41-16)23(14-47-30)32(45)46)20-11-19(34)6-5-18(20)4-3-9-43-17(2)42-26-12-24(33(35,36)37)27(25-7-8-39-15-40-25)22(13-38)28(26)31(43)44/h5-8,10-12,14-15H,9H2,1-2H3,(H,45,46). The Bertz CT molecular complexity index is 2440. The van der Waals surface area contributed by atoms with Crippen LogP contribution in [0.4, 0.5) is 13.2 Å². The molecule has 0 aliphatic carbocycles. The van der Waals surface area contributed by atoms with Crippen molar-refractivity contribution in [2.45, 2.75) is 26.6 Å². The Morgan fingerprint density at radius 3 is 2.60 bits per heavy atom. The molecule has 232 valence electrons. The summed E-state index contributed by atoms with van der Waals surface area (Å²) in [4.78, 5) is 41.9. The number of rotatable bonds is 4. The van der Waals surface area contributed by atoms with E-state index in [0.29, 0.717) is 37.6 Å². The van der Waals surface area contributed by atoms with Crippen LogP contribution in [0.25, 0.3) is 43.5 Å². The Morgan fingerprint density at radius 2 is 1.91 bits per heavy atom. The molecule has 0 saturated carbocycles. The van der Waals surface area contributed by atoms with Crippen LogP contribution in [0.2, 0.25) is 5.02 Å². The average Bonchev–Trinajstić information content (AvgIpc) is 3.46. The third-order valence-electron chi connectivity index (χ3n) is 7.31. The number of aromatic carboxylic acids is 1. The molecule has 0 spiro atoms. The fraction of sp³-hybridized carbons (Fsp3) is 0.121. The SMILES string of the molecule is Cc1cc(-c2cc(Cl)ccc2C#CCn2c(C)nc3cc(C(F)(F)F)c(-c4ccncn4)c(C#N)c3c2=O)c2scc(C(=O)O)c2n1. The van der Waals surface area contributed by atoms with Gasteiger partial charge >= 0.3 is 12.1 Å². The zero-order chi connectivity index (χ0) is 33.6. The quantitative estimate of drug-likeness (QED) is 0.197. The van der Waals surface area contributed by atoms with Crippen molar-refractivity contribution < 1.29 is 23.1 Å². The second-order valence-electron chi connectivity index (χ2n) is 10.3. The zero-order valence-corrected chi connectivity index (χ0v) is 25.8. The molecular formula is C33H18ClF3N6O3S. The Hall–Kier alpha value is -5.63. The molecule has 0 fully saturated rings. The minimum atomic E-state index is -4.87. The van der Waals surface area contributed by atoms with E-state index in [1.165, 1.54) is 40.5 Å². The van der Waals surface area contributed by atoms with E-state index in [9.17, 15) is 33.1 Å². The lowest BCUT2D eigenvalue weighted by molar-refractivity contribution is -0.137. The van der Waals surface area contributed by atoms with Crippen LogP contribution >= 0.6 is 22.9 Å². The molecule has 6 aromatic rings. The summed E-state index contributed by atoms with van der Waals surface area (Å²) in [6.07, 6.45) is -2.58. The predicted octanol–water partition coefficient (Wildman–Crippen LogP) is 7.04. The van der Waals surface area contributed by atoms with Gasteiger partial charge in [-0.05, 0) is 50.2 Å². The number of halogens is 4. The number of carbonyl (C=O) groups is 1. The van der Waals surface area contributed by atoms with E-state index in [0.717, 1.165) is 12.4 Å². The van der Waals surface area contributed by atoms with E-state index in [1.54, 1.807) is 37.3 Å². The van der Waals surface area contributed by atoms with E-state index in [4.69, 9.17) is 11.6 Å². The number of nitrogens with zero attached hydrogens (tertiary/aromatic N) is 6. The molecule has 14 heteroatoms. The van der Waals surface area contributed by atoms with Crippen LogP contribution < -0.4 is 5.56 Å². The van der Waals surface area contributed by atoms with Gasteiger partial charge in [0.1, 0.15) is 18.2 Å². The van der Waals surface area contributed by atoms with Gasteiger partial charge in [-0.1, -0.05) is 23.4 Å². The van der Waals surface area contributed by atoms with Crippen molar-refractivity contribution in [2.75, 3.05) is 0 Å². The minimum absolute atomic E-state index is 0.0743. The topological polar surface area (TPSA) is 135 Å². The molecule has 47 heavy (non-hydrogen) atoms. The van der Waals surface area contributed by atoms with Crippen molar-refractivity contribution >= 4 is 50.0 Å². The summed E-state index contributed by atoms with van der Waals surface area (Å²) in [5.41, 5.74) is -0.609. The Balaban J connectivity index is 1.50. The number of hydrogen-bond donors (Lipinski definition) is 1. The van der Waals surface area contributed by atoms with Crippen molar-refractivity contribution in [1.29, 1.82) is 5.26 Å². The molecule has 0 saturated heterocycles. The van der Waals surface area contributed by atoms with Crippen LogP contribution in [0, 0.1) is 37.0 Å². The summed E-state index contributed by atoms with van der Waals surface area (Å²) < 4.78 is 44.4. The molecule has 9 nitrogen and oxygen atoms in total. The Kier molecular flexibility index (Phi) is 7.97. The second kappa shape index (κ2) is 11.9. The number of carboxylic acid groups (broad SMARTS) is 1. The molecule has 0 radical (unpaired) electrons. The summed E-state index contributed by atoms with van der Waals surface area (Å²) in [6, 6.07) is 10.6. The second-order valence-corrected chi connectivity index (χ2v) is 11.6. The monoisotopic (exact) mass is 670 g/mol. The van der Waals surface area contributed by atoms with Gasteiger partial charge in [-0.2, -0.15) is 18.4 Å². The number of fused-ring (bicyclic) bond motifs is 2. The van der Waals surface area contributed by atoms with Crippen molar-refractivity contribution in [1.82, 2.24) is 24.5 Å². The van der Waals surface area contributed by atoms with Gasteiger partial charge in [0.2, 0.25) is 0 Å². The fourth-order valence-corrected chi connectivity index (χ4v) is 6.45.